The van der Waals surface area contributed by atoms with Crippen LogP contribution in [0.5, 0.6) is 5.75 Å². The Morgan fingerprint density at radius 2 is 2.04 bits per heavy atom. The molecular weight excluding hydrogens is 360 g/mol. The van der Waals surface area contributed by atoms with Crippen molar-refractivity contribution < 1.29 is 9.47 Å². The van der Waals surface area contributed by atoms with Crippen LogP contribution in [0.15, 0.2) is 45.7 Å². The largest absolute Gasteiger partial charge is 0.482 e. The Morgan fingerprint density at radius 3 is 2.88 bits per heavy atom. The fourth-order valence-electron chi connectivity index (χ4n) is 3.57. The van der Waals surface area contributed by atoms with Gasteiger partial charge in [-0.3, -0.25) is 0 Å². The summed E-state index contributed by atoms with van der Waals surface area (Å²) in [6, 6.07) is 7.86. The maximum absolute atomic E-state index is 6.10. The summed E-state index contributed by atoms with van der Waals surface area (Å²) in [7, 11) is 0. The van der Waals surface area contributed by atoms with E-state index in [1.165, 1.54) is 19.3 Å². The highest BCUT2D eigenvalue weighted by Gasteiger charge is 2.51. The van der Waals surface area contributed by atoms with E-state index in [2.05, 4.69) is 20.6 Å². The third-order valence-corrected chi connectivity index (χ3v) is 6.47. The van der Waals surface area contributed by atoms with Gasteiger partial charge in [0.1, 0.15) is 10.6 Å². The molecule has 0 amide bonds. The normalized spacial score (nSPS) is 23.0. The van der Waals surface area contributed by atoms with Crippen LogP contribution in [-0.2, 0) is 4.74 Å². The Balaban J connectivity index is 1.29. The zero-order valence-corrected chi connectivity index (χ0v) is 15.1. The highest BCUT2D eigenvalue weighted by atomic mass is 35.5. The number of halogens is 1. The third kappa shape index (κ3) is 2.48. The Morgan fingerprint density at radius 1 is 1.20 bits per heavy atom. The minimum Gasteiger partial charge on any atom is -0.482 e. The molecule has 0 saturated heterocycles. The van der Waals surface area contributed by atoms with Gasteiger partial charge in [-0.25, -0.2) is 5.01 Å². The van der Waals surface area contributed by atoms with Crippen molar-refractivity contribution in [1.82, 2.24) is 10.0 Å². The van der Waals surface area contributed by atoms with Crippen molar-refractivity contribution in [2.24, 2.45) is 10.2 Å². The lowest BCUT2D eigenvalue weighted by molar-refractivity contribution is 0.170. The fraction of sp³-hybridized carbons (Fsp3) is 0.412. The molecule has 5 rings (SSSR count). The van der Waals surface area contributed by atoms with Gasteiger partial charge in [-0.05, 0) is 25.0 Å². The van der Waals surface area contributed by atoms with Crippen LogP contribution >= 0.6 is 23.4 Å². The topological polar surface area (TPSA) is 49.7 Å². The highest BCUT2D eigenvalue weighted by Crippen LogP contribution is 2.53. The van der Waals surface area contributed by atoms with Crippen LogP contribution in [0.1, 0.15) is 32.1 Å². The molecule has 0 aromatic heterocycles. The number of hydrazone groups is 2. The van der Waals surface area contributed by atoms with Gasteiger partial charge in [0.05, 0.1) is 5.02 Å². The number of para-hydroxylation sites is 1. The zero-order chi connectivity index (χ0) is 16.9. The predicted octanol–water partition coefficient (Wildman–Crippen LogP) is 4.16. The first-order valence-corrected chi connectivity index (χ1v) is 9.71. The van der Waals surface area contributed by atoms with E-state index in [9.17, 15) is 0 Å². The number of hydrogen-bond donors (Lipinski definition) is 0. The summed E-state index contributed by atoms with van der Waals surface area (Å²) in [5.41, 5.74) is 0. The van der Waals surface area contributed by atoms with Crippen molar-refractivity contribution in [2.45, 2.75) is 37.0 Å². The molecule has 25 heavy (non-hydrogen) atoms. The molecule has 0 atom stereocenters. The molecule has 8 heteroatoms. The molecule has 0 unspecified atom stereocenters. The van der Waals surface area contributed by atoms with Gasteiger partial charge in [-0.1, -0.05) is 54.8 Å². The Kier molecular flexibility index (Phi) is 3.60. The second kappa shape index (κ2) is 5.85. The monoisotopic (exact) mass is 376 g/mol. The van der Waals surface area contributed by atoms with Gasteiger partial charge in [-0.2, -0.15) is 5.01 Å². The molecule has 0 radical (unpaired) electrons. The first-order valence-electron chi connectivity index (χ1n) is 8.45. The van der Waals surface area contributed by atoms with Gasteiger partial charge in [0.2, 0.25) is 0 Å². The minimum atomic E-state index is 0.0536. The first-order chi connectivity index (χ1) is 12.3. The van der Waals surface area contributed by atoms with E-state index in [1.54, 1.807) is 11.1 Å². The molecular formula is C17H17ClN4O2S. The molecule has 3 heterocycles. The van der Waals surface area contributed by atoms with Crippen molar-refractivity contribution in [1.29, 1.82) is 0 Å². The molecule has 0 bridgehead atoms. The molecule has 1 aliphatic carbocycles. The lowest BCUT2D eigenvalue weighted by Gasteiger charge is -2.37. The summed E-state index contributed by atoms with van der Waals surface area (Å²) in [6.07, 6.45) is 6.10. The van der Waals surface area contributed by atoms with Crippen molar-refractivity contribution in [3.8, 4) is 5.75 Å². The smallest absolute Gasteiger partial charge is 0.344 e. The molecule has 4 aliphatic rings. The van der Waals surface area contributed by atoms with Crippen LogP contribution in [0, 0.1) is 0 Å². The molecule has 1 aromatic rings. The van der Waals surface area contributed by atoms with Crippen molar-refractivity contribution >= 4 is 35.3 Å². The fourth-order valence-corrected chi connectivity index (χ4v) is 5.04. The average molecular weight is 377 g/mol. The van der Waals surface area contributed by atoms with E-state index in [-0.39, 0.29) is 11.5 Å². The maximum Gasteiger partial charge on any atom is 0.344 e. The first kappa shape index (κ1) is 15.4. The summed E-state index contributed by atoms with van der Waals surface area (Å²) < 4.78 is 11.5. The Bertz CT molecular complexity index is 804. The molecule has 0 N–H and O–H groups in total. The summed E-state index contributed by atoms with van der Waals surface area (Å²) in [6.45, 7) is 0.213. The van der Waals surface area contributed by atoms with E-state index in [0.29, 0.717) is 22.7 Å². The van der Waals surface area contributed by atoms with Crippen LogP contribution in [0.2, 0.25) is 5.02 Å². The third-order valence-electron chi connectivity index (χ3n) is 4.81. The van der Waals surface area contributed by atoms with Gasteiger partial charge in [-0.15, -0.1) is 10.2 Å². The Hall–Kier alpha value is -1.86. The summed E-state index contributed by atoms with van der Waals surface area (Å²) >= 11 is 7.96. The second-order valence-electron chi connectivity index (χ2n) is 6.42. The molecule has 6 nitrogen and oxygen atoms in total. The number of rotatable bonds is 3. The lowest BCUT2D eigenvalue weighted by Crippen LogP contribution is -2.40. The number of benzene rings is 1. The van der Waals surface area contributed by atoms with E-state index < -0.39 is 0 Å². The number of hydrogen-bond acceptors (Lipinski definition) is 7. The predicted molar refractivity (Wildman–Crippen MR) is 98.1 cm³/mol. The maximum atomic E-state index is 6.10. The molecule has 3 aliphatic heterocycles. The van der Waals surface area contributed by atoms with Crippen molar-refractivity contribution in [3.63, 3.8) is 0 Å². The summed E-state index contributed by atoms with van der Waals surface area (Å²) in [4.78, 5) is 0.0536. The van der Waals surface area contributed by atoms with Crippen LogP contribution in [0.3, 0.4) is 0 Å². The van der Waals surface area contributed by atoms with Crippen LogP contribution < -0.4 is 4.74 Å². The number of ether oxygens (including phenoxy) is 2. The lowest BCUT2D eigenvalue weighted by atomic mass is 9.94. The van der Waals surface area contributed by atoms with E-state index in [4.69, 9.17) is 21.1 Å². The van der Waals surface area contributed by atoms with Gasteiger partial charge in [0.15, 0.2) is 12.4 Å². The second-order valence-corrected chi connectivity index (χ2v) is 8.06. The van der Waals surface area contributed by atoms with Crippen molar-refractivity contribution in [3.05, 3.63) is 40.5 Å². The number of thioether (sulfide) groups is 1. The standard InChI is InChI=1S/C17H17ClN4O2S/c18-12-6-2-3-7-13(12)23-10-14-19-21-15-11-25-17(8-4-1-5-9-17)22(15)20-16(21)24-14/h2-3,6-7,11H,1,4-5,8-10H2. The van der Waals surface area contributed by atoms with E-state index in [0.717, 1.165) is 18.7 Å². The van der Waals surface area contributed by atoms with Gasteiger partial charge < -0.3 is 9.47 Å². The van der Waals surface area contributed by atoms with Crippen LogP contribution in [-0.4, -0.2) is 33.4 Å². The molecule has 130 valence electrons. The summed E-state index contributed by atoms with van der Waals surface area (Å²) in [5.74, 6) is 2.08. The summed E-state index contributed by atoms with van der Waals surface area (Å²) in [5, 5.41) is 15.8. The number of nitrogens with zero attached hydrogens (tertiary/aromatic N) is 4. The van der Waals surface area contributed by atoms with Crippen LogP contribution in [0.25, 0.3) is 0 Å². The Labute approximate surface area is 155 Å². The van der Waals surface area contributed by atoms with Gasteiger partial charge in [0, 0.05) is 5.41 Å². The SMILES string of the molecule is Clc1ccccc1OCC1=NN2C3=CSC4(CCCCC4)N3N=C2O1. The van der Waals surface area contributed by atoms with E-state index >= 15 is 0 Å². The number of fused-ring (bicyclic) bond motifs is 4. The minimum absolute atomic E-state index is 0.0536. The highest BCUT2D eigenvalue weighted by molar-refractivity contribution is 8.03. The van der Waals surface area contributed by atoms with Crippen molar-refractivity contribution in [2.75, 3.05) is 6.61 Å². The molecule has 1 fully saturated rings. The van der Waals surface area contributed by atoms with Gasteiger partial charge >= 0.3 is 6.02 Å². The average Bonchev–Trinajstić information content (AvgIpc) is 3.27. The van der Waals surface area contributed by atoms with Crippen LogP contribution in [0.4, 0.5) is 0 Å². The van der Waals surface area contributed by atoms with Gasteiger partial charge in [0.25, 0.3) is 5.90 Å². The molecule has 1 spiro atoms. The molecule has 1 aromatic carbocycles. The number of amidine groups is 1. The zero-order valence-electron chi connectivity index (χ0n) is 13.5. The van der Waals surface area contributed by atoms with E-state index in [1.807, 2.05) is 30.0 Å². The molecule has 1 saturated carbocycles. The quantitative estimate of drug-likeness (QED) is 0.792.